The van der Waals surface area contributed by atoms with Gasteiger partial charge in [0.15, 0.2) is 0 Å². The van der Waals surface area contributed by atoms with Crippen molar-refractivity contribution in [2.75, 3.05) is 13.1 Å². The van der Waals surface area contributed by atoms with Crippen molar-refractivity contribution in [1.82, 2.24) is 14.5 Å². The van der Waals surface area contributed by atoms with Gasteiger partial charge in [0.2, 0.25) is 5.91 Å². The van der Waals surface area contributed by atoms with Gasteiger partial charge in [-0.05, 0) is 37.5 Å². The highest BCUT2D eigenvalue weighted by Gasteiger charge is 2.36. The molecule has 0 bridgehead atoms. The Morgan fingerprint density at radius 3 is 2.36 bits per heavy atom. The second kappa shape index (κ2) is 7.81. The SMILES string of the molecule is CC(N)(C(=O)N1CCC(n2c(=O)[nH]c3ccccc32)CC1)c1ccccc1.Cl. The number of H-pyrrole nitrogens is 1. The lowest BCUT2D eigenvalue weighted by molar-refractivity contribution is -0.138. The van der Waals surface area contributed by atoms with E-state index in [1.165, 1.54) is 0 Å². The van der Waals surface area contributed by atoms with Crippen molar-refractivity contribution >= 4 is 29.3 Å². The van der Waals surface area contributed by atoms with Gasteiger partial charge < -0.3 is 15.6 Å². The highest BCUT2D eigenvalue weighted by atomic mass is 35.5. The van der Waals surface area contributed by atoms with E-state index in [4.69, 9.17) is 5.73 Å². The Bertz CT molecular complexity index is 1020. The fourth-order valence-corrected chi connectivity index (χ4v) is 4.00. The molecule has 2 heterocycles. The number of nitrogens with two attached hydrogens (primary N) is 1. The Morgan fingerprint density at radius 1 is 1.07 bits per heavy atom. The minimum absolute atomic E-state index is 0. The number of hydrogen-bond donors (Lipinski definition) is 2. The van der Waals surface area contributed by atoms with Gasteiger partial charge in [0.1, 0.15) is 5.54 Å². The number of hydrogen-bond acceptors (Lipinski definition) is 3. The molecule has 0 radical (unpaired) electrons. The third kappa shape index (κ3) is 3.45. The summed E-state index contributed by atoms with van der Waals surface area (Å²) in [6.45, 7) is 2.95. The number of benzene rings is 2. The van der Waals surface area contributed by atoms with Crippen LogP contribution < -0.4 is 11.4 Å². The zero-order valence-corrected chi connectivity index (χ0v) is 16.6. The number of aromatic amines is 1. The lowest BCUT2D eigenvalue weighted by Gasteiger charge is -2.37. The minimum Gasteiger partial charge on any atom is -0.341 e. The summed E-state index contributed by atoms with van der Waals surface area (Å²) in [5.41, 5.74) is 7.82. The Morgan fingerprint density at radius 2 is 1.68 bits per heavy atom. The predicted molar refractivity (Wildman–Crippen MR) is 113 cm³/mol. The summed E-state index contributed by atoms with van der Waals surface area (Å²) in [7, 11) is 0. The molecule has 0 saturated carbocycles. The summed E-state index contributed by atoms with van der Waals surface area (Å²) in [4.78, 5) is 30.2. The van der Waals surface area contributed by atoms with E-state index >= 15 is 0 Å². The number of likely N-dealkylation sites (tertiary alicyclic amines) is 1. The first kappa shape index (κ1) is 20.2. The molecule has 3 N–H and O–H groups in total. The van der Waals surface area contributed by atoms with Crippen LogP contribution in [0, 0.1) is 0 Å². The molecular formula is C21H25ClN4O2. The average Bonchev–Trinajstić information content (AvgIpc) is 3.04. The van der Waals surface area contributed by atoms with Crippen LogP contribution in [-0.2, 0) is 10.3 Å². The molecule has 1 aromatic heterocycles. The standard InChI is InChI=1S/C21H24N4O2.ClH/c1-21(22,15-7-3-2-4-8-15)19(26)24-13-11-16(12-14-24)25-18-10-6-5-9-17(18)23-20(25)27;/h2-10,16H,11-14,22H2,1H3,(H,23,27);1H. The van der Waals surface area contributed by atoms with Crippen molar-refractivity contribution in [3.8, 4) is 0 Å². The van der Waals surface area contributed by atoms with Crippen molar-refractivity contribution in [2.24, 2.45) is 5.73 Å². The molecule has 1 fully saturated rings. The number of amides is 1. The second-order valence-corrected chi connectivity index (χ2v) is 7.41. The Balaban J connectivity index is 0.00000225. The molecule has 1 atom stereocenters. The number of aromatic nitrogens is 2. The molecule has 1 aliphatic heterocycles. The van der Waals surface area contributed by atoms with Crippen LogP contribution in [0.25, 0.3) is 11.0 Å². The molecule has 28 heavy (non-hydrogen) atoms. The molecule has 3 aromatic rings. The molecule has 0 aliphatic carbocycles. The first-order valence-corrected chi connectivity index (χ1v) is 9.31. The quantitative estimate of drug-likeness (QED) is 0.709. The van der Waals surface area contributed by atoms with Gasteiger partial charge in [-0.3, -0.25) is 9.36 Å². The first-order chi connectivity index (χ1) is 13.0. The van der Waals surface area contributed by atoms with E-state index in [0.717, 1.165) is 29.4 Å². The van der Waals surface area contributed by atoms with Gasteiger partial charge in [0, 0.05) is 19.1 Å². The van der Waals surface area contributed by atoms with Crippen LogP contribution >= 0.6 is 12.4 Å². The van der Waals surface area contributed by atoms with Crippen LogP contribution in [0.15, 0.2) is 59.4 Å². The number of piperidine rings is 1. The molecule has 1 unspecified atom stereocenters. The summed E-state index contributed by atoms with van der Waals surface area (Å²) in [6.07, 6.45) is 1.47. The number of carbonyl (C=O) groups is 1. The second-order valence-electron chi connectivity index (χ2n) is 7.41. The summed E-state index contributed by atoms with van der Waals surface area (Å²) >= 11 is 0. The lowest BCUT2D eigenvalue weighted by Crippen LogP contribution is -2.53. The maximum atomic E-state index is 13.0. The molecule has 0 spiro atoms. The zero-order chi connectivity index (χ0) is 19.0. The monoisotopic (exact) mass is 400 g/mol. The average molecular weight is 401 g/mol. The van der Waals surface area contributed by atoms with Gasteiger partial charge in [-0.15, -0.1) is 12.4 Å². The summed E-state index contributed by atoms with van der Waals surface area (Å²) < 4.78 is 1.83. The molecule has 4 rings (SSSR count). The molecule has 1 amide bonds. The topological polar surface area (TPSA) is 84.1 Å². The molecule has 1 saturated heterocycles. The molecule has 2 aromatic carbocycles. The summed E-state index contributed by atoms with van der Waals surface area (Å²) in [6, 6.07) is 17.3. The lowest BCUT2D eigenvalue weighted by atomic mass is 9.90. The normalized spacial score (nSPS) is 17.1. The van der Waals surface area contributed by atoms with Crippen LogP contribution in [-0.4, -0.2) is 33.4 Å². The molecular weight excluding hydrogens is 376 g/mol. The smallest absolute Gasteiger partial charge is 0.326 e. The number of nitrogens with one attached hydrogen (secondary N) is 1. The molecule has 7 heteroatoms. The van der Waals surface area contributed by atoms with Gasteiger partial charge >= 0.3 is 5.69 Å². The van der Waals surface area contributed by atoms with E-state index < -0.39 is 5.54 Å². The minimum atomic E-state index is -1.05. The molecule has 6 nitrogen and oxygen atoms in total. The summed E-state index contributed by atoms with van der Waals surface area (Å²) in [5, 5.41) is 0. The highest BCUT2D eigenvalue weighted by Crippen LogP contribution is 2.28. The van der Waals surface area contributed by atoms with Gasteiger partial charge in [-0.25, -0.2) is 4.79 Å². The van der Waals surface area contributed by atoms with Gasteiger partial charge in [-0.2, -0.15) is 0 Å². The van der Waals surface area contributed by atoms with Crippen LogP contribution in [0.4, 0.5) is 0 Å². The third-order valence-electron chi connectivity index (χ3n) is 5.56. The van der Waals surface area contributed by atoms with Crippen LogP contribution in [0.1, 0.15) is 31.4 Å². The van der Waals surface area contributed by atoms with E-state index in [2.05, 4.69) is 4.98 Å². The van der Waals surface area contributed by atoms with E-state index in [1.54, 1.807) is 6.92 Å². The summed E-state index contributed by atoms with van der Waals surface area (Å²) in [5.74, 6) is -0.0709. The fourth-order valence-electron chi connectivity index (χ4n) is 4.00. The largest absolute Gasteiger partial charge is 0.341 e. The van der Waals surface area contributed by atoms with Crippen molar-refractivity contribution in [1.29, 1.82) is 0 Å². The fraction of sp³-hybridized carbons (Fsp3) is 0.333. The van der Waals surface area contributed by atoms with E-state index in [9.17, 15) is 9.59 Å². The van der Waals surface area contributed by atoms with Crippen LogP contribution in [0.2, 0.25) is 0 Å². The van der Waals surface area contributed by atoms with Crippen molar-refractivity contribution in [3.63, 3.8) is 0 Å². The van der Waals surface area contributed by atoms with Gasteiger partial charge in [-0.1, -0.05) is 42.5 Å². The third-order valence-corrected chi connectivity index (χ3v) is 5.56. The number of rotatable bonds is 3. The van der Waals surface area contributed by atoms with Crippen molar-refractivity contribution in [3.05, 3.63) is 70.6 Å². The van der Waals surface area contributed by atoms with Gasteiger partial charge in [0.25, 0.3) is 0 Å². The zero-order valence-electron chi connectivity index (χ0n) is 15.8. The Hall–Kier alpha value is -2.57. The maximum Gasteiger partial charge on any atom is 0.326 e. The van der Waals surface area contributed by atoms with Crippen molar-refractivity contribution < 1.29 is 4.79 Å². The highest BCUT2D eigenvalue weighted by molar-refractivity contribution is 5.87. The van der Waals surface area contributed by atoms with Gasteiger partial charge in [0.05, 0.1) is 11.0 Å². The predicted octanol–water partition coefficient (Wildman–Crippen LogP) is 2.79. The van der Waals surface area contributed by atoms with Crippen LogP contribution in [0.5, 0.6) is 0 Å². The number of halogens is 1. The number of fused-ring (bicyclic) bond motifs is 1. The van der Waals surface area contributed by atoms with E-state index in [1.807, 2.05) is 64.1 Å². The van der Waals surface area contributed by atoms with Crippen molar-refractivity contribution in [2.45, 2.75) is 31.3 Å². The first-order valence-electron chi connectivity index (χ1n) is 9.31. The van der Waals surface area contributed by atoms with Crippen LogP contribution in [0.3, 0.4) is 0 Å². The van der Waals surface area contributed by atoms with E-state index in [0.29, 0.717) is 13.1 Å². The molecule has 1 aliphatic rings. The Labute approximate surface area is 169 Å². The molecule has 148 valence electrons. The van der Waals surface area contributed by atoms with E-state index in [-0.39, 0.29) is 30.0 Å². The number of para-hydroxylation sites is 2. The number of imidazole rings is 1. The maximum absolute atomic E-state index is 13.0. The Kier molecular flexibility index (Phi) is 5.63. The number of carbonyl (C=O) groups excluding carboxylic acids is 1. The number of nitrogens with zero attached hydrogens (tertiary/aromatic N) is 2.